The van der Waals surface area contributed by atoms with E-state index < -0.39 is 17.8 Å². The molecule has 0 saturated carbocycles. The number of aryl methyl sites for hydroxylation is 1. The summed E-state index contributed by atoms with van der Waals surface area (Å²) in [4.78, 5) is 3.95. The van der Waals surface area contributed by atoms with Crippen LogP contribution in [-0.4, -0.2) is 34.4 Å². The monoisotopic (exact) mass is 459 g/mol. The van der Waals surface area contributed by atoms with E-state index in [4.69, 9.17) is 5.84 Å². The highest BCUT2D eigenvalue weighted by Gasteiger charge is 2.41. The van der Waals surface area contributed by atoms with Gasteiger partial charge in [0.05, 0.1) is 17.3 Å². The zero-order chi connectivity index (χ0) is 24.5. The molecule has 8 heteroatoms. The Kier molecular flexibility index (Phi) is 6.97. The molecule has 0 aromatic heterocycles. The zero-order valence-corrected chi connectivity index (χ0v) is 19.5. The predicted octanol–water partition coefficient (Wildman–Crippen LogP) is 5.06. The van der Waals surface area contributed by atoms with Crippen molar-refractivity contribution in [3.05, 3.63) is 89.7 Å². The smallest absolute Gasteiger partial charge is 0.393 e. The number of rotatable bonds is 7. The van der Waals surface area contributed by atoms with Gasteiger partial charge in [-0.1, -0.05) is 19.7 Å². The third-order valence-electron chi connectivity index (χ3n) is 6.29. The Morgan fingerprint density at radius 1 is 1.33 bits per heavy atom. The number of nitrogens with two attached hydrogens (primary N) is 1. The second kappa shape index (κ2) is 9.39. The molecule has 5 nitrogen and oxygen atoms in total. The van der Waals surface area contributed by atoms with Crippen LogP contribution < -0.4 is 11.2 Å². The van der Waals surface area contributed by atoms with Crippen LogP contribution in [0, 0.1) is 6.92 Å². The number of allylic oxidation sites excluding steroid dienone is 1. The summed E-state index contributed by atoms with van der Waals surface area (Å²) >= 11 is 0. The Labute approximate surface area is 194 Å². The Morgan fingerprint density at radius 2 is 2.03 bits per heavy atom. The molecule has 1 atom stereocenters. The zero-order valence-electron chi connectivity index (χ0n) is 19.5. The first-order valence-corrected chi connectivity index (χ1v) is 10.8. The summed E-state index contributed by atoms with van der Waals surface area (Å²) in [7, 11) is 1.75. The van der Waals surface area contributed by atoms with Gasteiger partial charge in [0, 0.05) is 49.5 Å². The van der Waals surface area contributed by atoms with Crippen LogP contribution in [0.3, 0.4) is 0 Å². The van der Waals surface area contributed by atoms with Crippen molar-refractivity contribution in [1.29, 1.82) is 0 Å². The van der Waals surface area contributed by atoms with E-state index in [2.05, 4.69) is 30.0 Å². The summed E-state index contributed by atoms with van der Waals surface area (Å²) in [6.07, 6.45) is 2.44. The maximum atomic E-state index is 13.9. The SMILES string of the molecule is C=CN1CCC/C1=C(/C)C(C(=C)N(N)/C=C\NC)N1Cc2c(cc(C)cc2C(F)(F)F)C1=C. The highest BCUT2D eigenvalue weighted by Crippen LogP contribution is 2.44. The Morgan fingerprint density at radius 3 is 2.64 bits per heavy atom. The average molecular weight is 460 g/mol. The van der Waals surface area contributed by atoms with Crippen LogP contribution in [0.15, 0.2) is 67.4 Å². The lowest BCUT2D eigenvalue weighted by Gasteiger charge is -2.37. The fourth-order valence-corrected chi connectivity index (χ4v) is 4.70. The number of likely N-dealkylation sites (tertiary alicyclic amines) is 1. The van der Waals surface area contributed by atoms with E-state index in [0.717, 1.165) is 30.7 Å². The summed E-state index contributed by atoms with van der Waals surface area (Å²) in [6.45, 7) is 16.9. The van der Waals surface area contributed by atoms with Crippen molar-refractivity contribution >= 4 is 5.70 Å². The molecule has 3 N–H and O–H groups in total. The molecule has 1 aromatic carbocycles. The quantitative estimate of drug-likeness (QED) is 0.441. The molecule has 0 aliphatic carbocycles. The molecular formula is C25H32F3N5. The lowest BCUT2D eigenvalue weighted by Crippen LogP contribution is -2.41. The first-order valence-electron chi connectivity index (χ1n) is 10.8. The van der Waals surface area contributed by atoms with Crippen LogP contribution >= 0.6 is 0 Å². The van der Waals surface area contributed by atoms with Crippen LogP contribution in [0.5, 0.6) is 0 Å². The van der Waals surface area contributed by atoms with Gasteiger partial charge >= 0.3 is 6.18 Å². The van der Waals surface area contributed by atoms with Gasteiger partial charge in [0.25, 0.3) is 0 Å². The second-order valence-corrected chi connectivity index (χ2v) is 8.43. The van der Waals surface area contributed by atoms with E-state index in [-0.39, 0.29) is 12.1 Å². The van der Waals surface area contributed by atoms with Gasteiger partial charge in [-0.3, -0.25) is 5.01 Å². The molecule has 1 aromatic rings. The van der Waals surface area contributed by atoms with Gasteiger partial charge in [0.2, 0.25) is 0 Å². The number of nitrogens with zero attached hydrogens (tertiary/aromatic N) is 3. The lowest BCUT2D eigenvalue weighted by molar-refractivity contribution is -0.138. The highest BCUT2D eigenvalue weighted by molar-refractivity contribution is 5.72. The number of alkyl halides is 3. The van der Waals surface area contributed by atoms with Crippen LogP contribution in [0.25, 0.3) is 5.70 Å². The predicted molar refractivity (Wildman–Crippen MR) is 127 cm³/mol. The first-order chi connectivity index (χ1) is 15.5. The highest BCUT2D eigenvalue weighted by atomic mass is 19.4. The molecule has 0 radical (unpaired) electrons. The van der Waals surface area contributed by atoms with E-state index in [1.807, 2.05) is 11.8 Å². The fraction of sp³-hybridized carbons (Fsp3) is 0.360. The Balaban J connectivity index is 2.12. The molecule has 0 bridgehead atoms. The number of hydrogen-bond donors (Lipinski definition) is 2. The van der Waals surface area contributed by atoms with Gasteiger partial charge < -0.3 is 15.1 Å². The minimum atomic E-state index is -4.45. The summed E-state index contributed by atoms with van der Waals surface area (Å²) in [5.74, 6) is 6.26. The molecule has 2 heterocycles. The van der Waals surface area contributed by atoms with Crippen molar-refractivity contribution in [2.75, 3.05) is 13.6 Å². The molecule has 33 heavy (non-hydrogen) atoms. The van der Waals surface area contributed by atoms with Gasteiger partial charge in [0.15, 0.2) is 0 Å². The normalized spacial score (nSPS) is 18.6. The second-order valence-electron chi connectivity index (χ2n) is 8.43. The minimum Gasteiger partial charge on any atom is -0.393 e. The summed E-state index contributed by atoms with van der Waals surface area (Å²) in [5, 5.41) is 4.28. The maximum Gasteiger partial charge on any atom is 0.416 e. The van der Waals surface area contributed by atoms with E-state index >= 15 is 0 Å². The average Bonchev–Trinajstić information content (AvgIpc) is 3.36. The van der Waals surface area contributed by atoms with Gasteiger partial charge in [0.1, 0.15) is 0 Å². The summed E-state index contributed by atoms with van der Waals surface area (Å²) in [6, 6.07) is 2.49. The Hall–Kier alpha value is -3.13. The van der Waals surface area contributed by atoms with Crippen molar-refractivity contribution in [3.8, 4) is 0 Å². The number of hydrogen-bond acceptors (Lipinski definition) is 5. The number of hydrazine groups is 1. The molecule has 0 spiro atoms. The molecule has 3 rings (SSSR count). The third kappa shape index (κ3) is 4.66. The van der Waals surface area contributed by atoms with Gasteiger partial charge in [-0.25, -0.2) is 5.84 Å². The number of fused-ring (bicyclic) bond motifs is 1. The summed E-state index contributed by atoms with van der Waals surface area (Å²) < 4.78 is 41.6. The molecule has 2 aliphatic heterocycles. The van der Waals surface area contributed by atoms with Crippen LogP contribution in [-0.2, 0) is 12.7 Å². The first kappa shape index (κ1) is 24.5. The number of halogens is 3. The van der Waals surface area contributed by atoms with Crippen molar-refractivity contribution in [1.82, 2.24) is 20.1 Å². The van der Waals surface area contributed by atoms with Crippen LogP contribution in [0.1, 0.15) is 42.0 Å². The van der Waals surface area contributed by atoms with Crippen molar-refractivity contribution in [3.63, 3.8) is 0 Å². The molecule has 1 fully saturated rings. The fourth-order valence-electron chi connectivity index (χ4n) is 4.70. The summed E-state index contributed by atoms with van der Waals surface area (Å²) in [5.41, 5.74) is 3.77. The number of nitrogens with one attached hydrogen (secondary N) is 1. The standard InChI is InChI=1S/C25H32F3N5/c1-7-31-11-8-9-23(31)17(3)24(19(5)33(29)12-10-30-6)32-15-21-20(18(32)4)13-16(2)14-22(21)25(26,27)28/h7,10,12-14,24,30H,1,4-5,8-9,11,15,29H2,2-3,6H3/b12-10-,23-17+. The van der Waals surface area contributed by atoms with E-state index in [1.165, 1.54) is 11.1 Å². The van der Waals surface area contributed by atoms with Gasteiger partial charge in [-0.15, -0.1) is 0 Å². The third-order valence-corrected chi connectivity index (χ3v) is 6.29. The van der Waals surface area contributed by atoms with E-state index in [1.54, 1.807) is 38.6 Å². The largest absolute Gasteiger partial charge is 0.416 e. The molecule has 1 saturated heterocycles. The maximum absolute atomic E-state index is 13.9. The van der Waals surface area contributed by atoms with Gasteiger partial charge in [-0.2, -0.15) is 13.2 Å². The van der Waals surface area contributed by atoms with Crippen LogP contribution in [0.2, 0.25) is 0 Å². The van der Waals surface area contributed by atoms with E-state index in [9.17, 15) is 13.2 Å². The molecule has 1 unspecified atom stereocenters. The van der Waals surface area contributed by atoms with Gasteiger partial charge in [-0.05, 0) is 61.7 Å². The van der Waals surface area contributed by atoms with E-state index in [0.29, 0.717) is 22.5 Å². The minimum absolute atomic E-state index is 0.0648. The lowest BCUT2D eigenvalue weighted by atomic mass is 9.99. The van der Waals surface area contributed by atoms with Crippen LogP contribution in [0.4, 0.5) is 13.2 Å². The van der Waals surface area contributed by atoms with Crippen molar-refractivity contribution < 1.29 is 13.2 Å². The molecule has 0 amide bonds. The molecule has 178 valence electrons. The molecular weight excluding hydrogens is 427 g/mol. The molecule has 2 aliphatic rings. The van der Waals surface area contributed by atoms with Crippen molar-refractivity contribution in [2.24, 2.45) is 5.84 Å². The number of benzene rings is 1. The van der Waals surface area contributed by atoms with Crippen molar-refractivity contribution in [2.45, 2.75) is 45.5 Å². The Bertz CT molecular complexity index is 1020. The topological polar surface area (TPSA) is 47.8 Å².